The van der Waals surface area contributed by atoms with Crippen molar-refractivity contribution < 1.29 is 23.6 Å². The van der Waals surface area contributed by atoms with Gasteiger partial charge in [-0.25, -0.2) is 4.39 Å². The zero-order chi connectivity index (χ0) is 22.5. The van der Waals surface area contributed by atoms with Crippen LogP contribution in [0, 0.1) is 15.9 Å². The molecule has 1 heterocycles. The van der Waals surface area contributed by atoms with Gasteiger partial charge in [0.15, 0.2) is 12.9 Å². The molecule has 164 valence electrons. The van der Waals surface area contributed by atoms with E-state index in [0.29, 0.717) is 25.9 Å². The van der Waals surface area contributed by atoms with Crippen molar-refractivity contribution >= 4 is 17.9 Å². The first-order valence-corrected chi connectivity index (χ1v) is 9.93. The molecule has 8 nitrogen and oxygen atoms in total. The molecule has 0 aromatic heterocycles. The molecule has 2 aromatic rings. The molecule has 0 radical (unpaired) electrons. The monoisotopic (exact) mass is 429 g/mol. The molecule has 9 heteroatoms. The highest BCUT2D eigenvalue weighted by molar-refractivity contribution is 5.82. The topological polar surface area (TPSA) is 93.0 Å². The Morgan fingerprint density at radius 3 is 2.55 bits per heavy atom. The fourth-order valence-electron chi connectivity index (χ4n) is 3.69. The fourth-order valence-corrected chi connectivity index (χ4v) is 3.69. The summed E-state index contributed by atoms with van der Waals surface area (Å²) >= 11 is 0. The lowest BCUT2D eigenvalue weighted by Gasteiger charge is -2.44. The van der Waals surface area contributed by atoms with Gasteiger partial charge in [0.05, 0.1) is 10.5 Å². The van der Waals surface area contributed by atoms with Crippen LogP contribution in [0.3, 0.4) is 0 Å². The molecular formula is C22H24FN3O5. The Balaban J connectivity index is 1.59. The third-order valence-corrected chi connectivity index (χ3v) is 5.42. The summed E-state index contributed by atoms with van der Waals surface area (Å²) in [6.45, 7) is 5.53. The van der Waals surface area contributed by atoms with Crippen LogP contribution in [0.5, 0.6) is 5.75 Å². The first kappa shape index (κ1) is 22.4. The predicted octanol–water partition coefficient (Wildman–Crippen LogP) is 3.05. The molecule has 1 fully saturated rings. The van der Waals surface area contributed by atoms with E-state index in [1.54, 1.807) is 17.0 Å². The van der Waals surface area contributed by atoms with Gasteiger partial charge in [0.2, 0.25) is 0 Å². The number of nitrogens with zero attached hydrogens (tertiary/aromatic N) is 3. The van der Waals surface area contributed by atoms with Crippen LogP contribution in [0.2, 0.25) is 0 Å². The number of ether oxygens (including phenoxy) is 1. The molecule has 0 bridgehead atoms. The summed E-state index contributed by atoms with van der Waals surface area (Å²) in [7, 11) is 0. The van der Waals surface area contributed by atoms with Crippen molar-refractivity contribution in [1.82, 2.24) is 9.80 Å². The van der Waals surface area contributed by atoms with E-state index in [1.807, 2.05) is 13.8 Å². The van der Waals surface area contributed by atoms with Gasteiger partial charge >= 0.3 is 0 Å². The minimum absolute atomic E-state index is 0.0209. The second-order valence-corrected chi connectivity index (χ2v) is 7.69. The van der Waals surface area contributed by atoms with E-state index in [2.05, 4.69) is 4.90 Å². The molecule has 2 aromatic carbocycles. The molecule has 0 unspecified atom stereocenters. The zero-order valence-electron chi connectivity index (χ0n) is 17.4. The number of rotatable bonds is 7. The summed E-state index contributed by atoms with van der Waals surface area (Å²) in [5.74, 6) is -0.369. The summed E-state index contributed by atoms with van der Waals surface area (Å²) in [4.78, 5) is 38.2. The van der Waals surface area contributed by atoms with Crippen molar-refractivity contribution in [1.29, 1.82) is 0 Å². The van der Waals surface area contributed by atoms with E-state index in [-0.39, 0.29) is 47.4 Å². The van der Waals surface area contributed by atoms with E-state index in [0.717, 1.165) is 11.6 Å². The summed E-state index contributed by atoms with van der Waals surface area (Å²) in [5, 5.41) is 10.8. The fraction of sp³-hybridized carbons (Fsp3) is 0.364. The Morgan fingerprint density at radius 1 is 1.19 bits per heavy atom. The van der Waals surface area contributed by atoms with Crippen molar-refractivity contribution in [2.75, 3.05) is 19.7 Å². The average molecular weight is 429 g/mol. The van der Waals surface area contributed by atoms with E-state index in [1.165, 1.54) is 24.3 Å². The lowest BCUT2D eigenvalue weighted by molar-refractivity contribution is -0.384. The SMILES string of the molecule is C[C@@H]1CN(Cc2ccc(F)cc2)[C@@H](C)CN1C(=O)COc1ccc([N+](=O)[O-])cc1C=O. The zero-order valence-corrected chi connectivity index (χ0v) is 17.4. The Labute approximate surface area is 179 Å². The van der Waals surface area contributed by atoms with Crippen molar-refractivity contribution in [3.05, 3.63) is 69.5 Å². The number of nitro groups is 1. The molecule has 1 aliphatic rings. The first-order chi connectivity index (χ1) is 14.8. The van der Waals surface area contributed by atoms with Crippen molar-refractivity contribution in [2.24, 2.45) is 0 Å². The largest absolute Gasteiger partial charge is 0.483 e. The quantitative estimate of drug-likeness (QED) is 0.382. The standard InChI is InChI=1S/C22H24FN3O5/c1-15-11-25(16(2)10-24(15)12-17-3-5-19(23)6-4-17)22(28)14-31-21-8-7-20(26(29)30)9-18(21)13-27/h3-9,13,15-16H,10-12,14H2,1-2H3/t15-,16+/m0/s1. The van der Waals surface area contributed by atoms with E-state index >= 15 is 0 Å². The van der Waals surface area contributed by atoms with Crippen LogP contribution in [0.15, 0.2) is 42.5 Å². The molecular weight excluding hydrogens is 405 g/mol. The second-order valence-electron chi connectivity index (χ2n) is 7.69. The Bertz CT molecular complexity index is 966. The first-order valence-electron chi connectivity index (χ1n) is 9.93. The maximum atomic E-state index is 13.1. The van der Waals surface area contributed by atoms with Gasteiger partial charge in [-0.3, -0.25) is 24.6 Å². The number of nitro benzene ring substituents is 1. The lowest BCUT2D eigenvalue weighted by atomic mass is 10.1. The maximum Gasteiger partial charge on any atom is 0.270 e. The van der Waals surface area contributed by atoms with Crippen LogP contribution in [0.4, 0.5) is 10.1 Å². The van der Waals surface area contributed by atoms with Crippen LogP contribution >= 0.6 is 0 Å². The molecule has 0 saturated carbocycles. The summed E-state index contributed by atoms with van der Waals surface area (Å²) < 4.78 is 18.6. The number of hydrogen-bond acceptors (Lipinski definition) is 6. The van der Waals surface area contributed by atoms with Crippen LogP contribution in [-0.4, -0.2) is 58.7 Å². The smallest absolute Gasteiger partial charge is 0.270 e. The van der Waals surface area contributed by atoms with Gasteiger partial charge in [0.25, 0.3) is 11.6 Å². The summed E-state index contributed by atoms with van der Waals surface area (Å²) in [5.41, 5.74) is 0.802. The van der Waals surface area contributed by atoms with Gasteiger partial charge in [-0.15, -0.1) is 0 Å². The molecule has 1 amide bonds. The third-order valence-electron chi connectivity index (χ3n) is 5.42. The highest BCUT2D eigenvalue weighted by atomic mass is 19.1. The number of carbonyl (C=O) groups is 2. The van der Waals surface area contributed by atoms with E-state index < -0.39 is 4.92 Å². The van der Waals surface area contributed by atoms with Gasteiger partial charge in [-0.05, 0) is 37.6 Å². The molecule has 3 rings (SSSR count). The van der Waals surface area contributed by atoms with Crippen molar-refractivity contribution in [2.45, 2.75) is 32.5 Å². The minimum atomic E-state index is -0.601. The molecule has 2 atom stereocenters. The number of amides is 1. The van der Waals surface area contributed by atoms with Gasteiger partial charge < -0.3 is 9.64 Å². The number of halogens is 1. The molecule has 31 heavy (non-hydrogen) atoms. The molecule has 1 aliphatic heterocycles. The maximum absolute atomic E-state index is 13.1. The second kappa shape index (κ2) is 9.65. The number of benzene rings is 2. The number of carbonyl (C=O) groups excluding carboxylic acids is 2. The lowest BCUT2D eigenvalue weighted by Crippen LogP contribution is -2.58. The van der Waals surface area contributed by atoms with Crippen molar-refractivity contribution in [3.63, 3.8) is 0 Å². The highest BCUT2D eigenvalue weighted by Gasteiger charge is 2.32. The highest BCUT2D eigenvalue weighted by Crippen LogP contribution is 2.23. The third kappa shape index (κ3) is 5.43. The Kier molecular flexibility index (Phi) is 6.96. The molecule has 0 aliphatic carbocycles. The number of aldehydes is 1. The van der Waals surface area contributed by atoms with Gasteiger partial charge in [0.1, 0.15) is 11.6 Å². The van der Waals surface area contributed by atoms with Gasteiger partial charge in [0, 0.05) is 43.9 Å². The number of non-ortho nitro benzene ring substituents is 1. The summed E-state index contributed by atoms with van der Waals surface area (Å²) in [6, 6.07) is 10.1. The Morgan fingerprint density at radius 2 is 1.90 bits per heavy atom. The summed E-state index contributed by atoms with van der Waals surface area (Å²) in [6.07, 6.45) is 0.464. The number of piperazine rings is 1. The minimum Gasteiger partial charge on any atom is -0.483 e. The van der Waals surface area contributed by atoms with Gasteiger partial charge in [-0.1, -0.05) is 12.1 Å². The molecule has 0 N–H and O–H groups in total. The average Bonchev–Trinajstić information content (AvgIpc) is 2.75. The van der Waals surface area contributed by atoms with Crippen LogP contribution in [0.25, 0.3) is 0 Å². The van der Waals surface area contributed by atoms with Crippen molar-refractivity contribution in [3.8, 4) is 5.75 Å². The van der Waals surface area contributed by atoms with Gasteiger partial charge in [-0.2, -0.15) is 0 Å². The number of hydrogen-bond donors (Lipinski definition) is 0. The predicted molar refractivity (Wildman–Crippen MR) is 111 cm³/mol. The molecule has 1 saturated heterocycles. The molecule has 0 spiro atoms. The Hall–Kier alpha value is -3.33. The van der Waals surface area contributed by atoms with Crippen LogP contribution in [-0.2, 0) is 11.3 Å². The normalized spacial score (nSPS) is 19.1. The van der Waals surface area contributed by atoms with E-state index in [4.69, 9.17) is 4.74 Å². The van der Waals surface area contributed by atoms with Crippen LogP contribution < -0.4 is 4.74 Å². The van der Waals surface area contributed by atoms with E-state index in [9.17, 15) is 24.1 Å². The van der Waals surface area contributed by atoms with Crippen LogP contribution in [0.1, 0.15) is 29.8 Å².